The molecule has 3 aromatic carbocycles. The number of hydrogen-bond acceptors (Lipinski definition) is 3. The molecular formula is C26H24ClN3O3S. The van der Waals surface area contributed by atoms with E-state index in [9.17, 15) is 13.2 Å². The van der Waals surface area contributed by atoms with E-state index in [1.165, 1.54) is 16.4 Å². The van der Waals surface area contributed by atoms with E-state index in [2.05, 4.69) is 16.7 Å². The van der Waals surface area contributed by atoms with Gasteiger partial charge in [0.25, 0.3) is 5.91 Å². The predicted octanol–water partition coefficient (Wildman–Crippen LogP) is 4.49. The van der Waals surface area contributed by atoms with Gasteiger partial charge in [0, 0.05) is 54.8 Å². The average Bonchev–Trinajstić information content (AvgIpc) is 3.23. The van der Waals surface area contributed by atoms with Gasteiger partial charge in [-0.15, -0.1) is 0 Å². The second-order valence-electron chi connectivity index (χ2n) is 8.32. The summed E-state index contributed by atoms with van der Waals surface area (Å²) in [5, 5.41) is 1.39. The number of fused-ring (bicyclic) bond motifs is 1. The fourth-order valence-corrected chi connectivity index (χ4v) is 5.93. The molecule has 1 saturated heterocycles. The summed E-state index contributed by atoms with van der Waals surface area (Å²) in [6, 6.07) is 24.2. The van der Waals surface area contributed by atoms with Gasteiger partial charge in [0.2, 0.25) is 10.0 Å². The molecule has 5 rings (SSSR count). The van der Waals surface area contributed by atoms with Crippen LogP contribution in [0.5, 0.6) is 0 Å². The maximum absolute atomic E-state index is 13.5. The van der Waals surface area contributed by atoms with Crippen LogP contribution in [0.3, 0.4) is 0 Å². The first-order chi connectivity index (χ1) is 16.4. The van der Waals surface area contributed by atoms with Crippen molar-refractivity contribution in [1.29, 1.82) is 0 Å². The smallest absolute Gasteiger partial charge is 0.256 e. The van der Waals surface area contributed by atoms with Gasteiger partial charge in [0.15, 0.2) is 0 Å². The third-order valence-electron chi connectivity index (χ3n) is 6.19. The SMILES string of the molecule is O=C(c1cn(Cc2ccccc2)c2ccccc12)N1CCN(S(=O)(=O)c2ccc(Cl)cc2)CC1. The number of sulfonamides is 1. The van der Waals surface area contributed by atoms with Crippen LogP contribution in [0.25, 0.3) is 10.9 Å². The molecule has 34 heavy (non-hydrogen) atoms. The van der Waals surface area contributed by atoms with E-state index < -0.39 is 10.0 Å². The van der Waals surface area contributed by atoms with Crippen molar-refractivity contribution in [1.82, 2.24) is 13.8 Å². The fourth-order valence-electron chi connectivity index (χ4n) is 4.39. The maximum Gasteiger partial charge on any atom is 0.256 e. The number of amides is 1. The zero-order valence-electron chi connectivity index (χ0n) is 18.5. The number of carbonyl (C=O) groups excluding carboxylic acids is 1. The summed E-state index contributed by atoms with van der Waals surface area (Å²) in [5.74, 6) is -0.0773. The fraction of sp³-hybridized carbons (Fsp3) is 0.192. The summed E-state index contributed by atoms with van der Waals surface area (Å²) >= 11 is 5.89. The van der Waals surface area contributed by atoms with Crippen LogP contribution >= 0.6 is 11.6 Å². The molecule has 4 aromatic rings. The largest absolute Gasteiger partial charge is 0.342 e. The van der Waals surface area contributed by atoms with Gasteiger partial charge in [-0.25, -0.2) is 8.42 Å². The van der Waals surface area contributed by atoms with E-state index in [0.717, 1.165) is 16.5 Å². The van der Waals surface area contributed by atoms with Crippen molar-refractivity contribution in [2.24, 2.45) is 0 Å². The Kier molecular flexibility index (Phi) is 6.16. The Morgan fingerprint density at radius 3 is 2.18 bits per heavy atom. The van der Waals surface area contributed by atoms with Crippen molar-refractivity contribution in [2.45, 2.75) is 11.4 Å². The van der Waals surface area contributed by atoms with Crippen LogP contribution in [0.15, 0.2) is 90.0 Å². The van der Waals surface area contributed by atoms with E-state index in [0.29, 0.717) is 30.2 Å². The average molecular weight is 494 g/mol. The normalized spacial score (nSPS) is 15.0. The number of hydrogen-bond donors (Lipinski definition) is 0. The molecule has 0 aliphatic carbocycles. The Morgan fingerprint density at radius 1 is 0.824 bits per heavy atom. The van der Waals surface area contributed by atoms with Crippen LogP contribution in [0, 0.1) is 0 Å². The second kappa shape index (κ2) is 9.25. The minimum atomic E-state index is -3.63. The minimum Gasteiger partial charge on any atom is -0.342 e. The van der Waals surface area contributed by atoms with Crippen LogP contribution in [-0.2, 0) is 16.6 Å². The molecule has 0 unspecified atom stereocenters. The monoisotopic (exact) mass is 493 g/mol. The van der Waals surface area contributed by atoms with Crippen molar-refractivity contribution in [2.75, 3.05) is 26.2 Å². The van der Waals surface area contributed by atoms with Gasteiger partial charge in [0.1, 0.15) is 0 Å². The van der Waals surface area contributed by atoms with Crippen molar-refractivity contribution in [3.8, 4) is 0 Å². The molecule has 6 nitrogen and oxygen atoms in total. The molecule has 0 bridgehead atoms. The molecular weight excluding hydrogens is 470 g/mol. The third kappa shape index (κ3) is 4.34. The molecule has 1 aliphatic heterocycles. The van der Waals surface area contributed by atoms with Crippen LogP contribution in [-0.4, -0.2) is 54.3 Å². The highest BCUT2D eigenvalue weighted by Gasteiger charge is 2.31. The summed E-state index contributed by atoms with van der Waals surface area (Å²) in [6.45, 7) is 1.84. The molecule has 1 fully saturated rings. The third-order valence-corrected chi connectivity index (χ3v) is 8.36. The second-order valence-corrected chi connectivity index (χ2v) is 10.7. The zero-order chi connectivity index (χ0) is 23.7. The number of benzene rings is 3. The van der Waals surface area contributed by atoms with Gasteiger partial charge in [0.05, 0.1) is 10.5 Å². The number of piperazine rings is 1. The summed E-state index contributed by atoms with van der Waals surface area (Å²) in [4.78, 5) is 15.4. The summed E-state index contributed by atoms with van der Waals surface area (Å²) in [7, 11) is -3.63. The highest BCUT2D eigenvalue weighted by Crippen LogP contribution is 2.25. The molecule has 0 N–H and O–H groups in total. The quantitative estimate of drug-likeness (QED) is 0.411. The van der Waals surface area contributed by atoms with Crippen LogP contribution in [0.2, 0.25) is 5.02 Å². The van der Waals surface area contributed by atoms with Gasteiger partial charge in [-0.05, 0) is 35.9 Å². The van der Waals surface area contributed by atoms with Gasteiger partial charge in [-0.3, -0.25) is 4.79 Å². The highest BCUT2D eigenvalue weighted by molar-refractivity contribution is 7.89. The number of aromatic nitrogens is 1. The van der Waals surface area contributed by atoms with Crippen molar-refractivity contribution >= 4 is 38.4 Å². The molecule has 0 saturated carbocycles. The lowest BCUT2D eigenvalue weighted by molar-refractivity contribution is 0.0699. The first kappa shape index (κ1) is 22.7. The Bertz CT molecular complexity index is 1430. The molecule has 2 heterocycles. The van der Waals surface area contributed by atoms with Gasteiger partial charge >= 0.3 is 0 Å². The topological polar surface area (TPSA) is 62.6 Å². The first-order valence-electron chi connectivity index (χ1n) is 11.1. The van der Waals surface area contributed by atoms with E-state index in [1.54, 1.807) is 17.0 Å². The summed E-state index contributed by atoms with van der Waals surface area (Å²) in [6.07, 6.45) is 1.91. The Balaban J connectivity index is 1.35. The zero-order valence-corrected chi connectivity index (χ0v) is 20.0. The van der Waals surface area contributed by atoms with E-state index in [4.69, 9.17) is 11.6 Å². The standard InChI is InChI=1S/C26H24ClN3O3S/c27-21-10-12-22(13-11-21)34(32,33)30-16-14-28(15-17-30)26(31)24-19-29(18-20-6-2-1-3-7-20)25-9-5-4-8-23(24)25/h1-13,19H,14-18H2. The van der Waals surface area contributed by atoms with Gasteiger partial charge in [-0.1, -0.05) is 60.1 Å². The molecule has 0 atom stereocenters. The molecule has 174 valence electrons. The lowest BCUT2D eigenvalue weighted by atomic mass is 10.1. The van der Waals surface area contributed by atoms with E-state index in [-0.39, 0.29) is 23.9 Å². The predicted molar refractivity (Wildman–Crippen MR) is 134 cm³/mol. The Hall–Kier alpha value is -3.13. The van der Waals surface area contributed by atoms with Crippen LogP contribution in [0.4, 0.5) is 0 Å². The Morgan fingerprint density at radius 2 is 1.47 bits per heavy atom. The van der Waals surface area contributed by atoms with Crippen LogP contribution < -0.4 is 0 Å². The number of rotatable bonds is 5. The van der Waals surface area contributed by atoms with Crippen molar-refractivity contribution < 1.29 is 13.2 Å². The summed E-state index contributed by atoms with van der Waals surface area (Å²) < 4.78 is 29.5. The van der Waals surface area contributed by atoms with Crippen LogP contribution in [0.1, 0.15) is 15.9 Å². The lowest BCUT2D eigenvalue weighted by Crippen LogP contribution is -2.50. The van der Waals surface area contributed by atoms with Gasteiger partial charge < -0.3 is 9.47 Å². The number of para-hydroxylation sites is 1. The number of carbonyl (C=O) groups is 1. The van der Waals surface area contributed by atoms with Gasteiger partial charge in [-0.2, -0.15) is 4.31 Å². The van der Waals surface area contributed by atoms with E-state index >= 15 is 0 Å². The molecule has 1 amide bonds. The number of nitrogens with zero attached hydrogens (tertiary/aromatic N) is 3. The van der Waals surface area contributed by atoms with Crippen molar-refractivity contribution in [3.63, 3.8) is 0 Å². The molecule has 0 radical (unpaired) electrons. The summed E-state index contributed by atoms with van der Waals surface area (Å²) in [5.41, 5.74) is 2.79. The van der Waals surface area contributed by atoms with Crippen molar-refractivity contribution in [3.05, 3.63) is 101 Å². The highest BCUT2D eigenvalue weighted by atomic mass is 35.5. The maximum atomic E-state index is 13.5. The molecule has 0 spiro atoms. The minimum absolute atomic E-state index is 0.0773. The molecule has 8 heteroatoms. The van der Waals surface area contributed by atoms with E-state index in [1.807, 2.05) is 48.7 Å². The Labute approximate surface area is 204 Å². The molecule has 1 aliphatic rings. The molecule has 1 aromatic heterocycles. The lowest BCUT2D eigenvalue weighted by Gasteiger charge is -2.34. The first-order valence-corrected chi connectivity index (χ1v) is 12.9. The number of halogens is 1.